The molecule has 0 aliphatic rings. The zero-order chi connectivity index (χ0) is 15.9. The van der Waals surface area contributed by atoms with E-state index >= 15 is 0 Å². The van der Waals surface area contributed by atoms with E-state index in [0.29, 0.717) is 17.3 Å². The Balaban J connectivity index is 1.89. The Hall–Kier alpha value is -2.20. The minimum absolute atomic E-state index is 0.137. The lowest BCUT2D eigenvalue weighted by Gasteiger charge is -2.10. The van der Waals surface area contributed by atoms with Crippen molar-refractivity contribution in [3.8, 4) is 5.75 Å². The van der Waals surface area contributed by atoms with Crippen LogP contribution in [0.3, 0.4) is 0 Å². The van der Waals surface area contributed by atoms with Crippen LogP contribution in [0.2, 0.25) is 5.02 Å². The monoisotopic (exact) mass is 318 g/mol. The van der Waals surface area contributed by atoms with Gasteiger partial charge in [-0.2, -0.15) is 0 Å². The molecule has 4 nitrogen and oxygen atoms in total. The van der Waals surface area contributed by atoms with E-state index in [0.717, 1.165) is 17.0 Å². The Labute approximate surface area is 135 Å². The number of hydrogen-bond acceptors (Lipinski definition) is 3. The maximum atomic E-state index is 11.9. The number of amides is 1. The van der Waals surface area contributed by atoms with Crippen LogP contribution in [0, 0.1) is 6.92 Å². The van der Waals surface area contributed by atoms with Crippen LogP contribution in [0.4, 0.5) is 11.4 Å². The van der Waals surface area contributed by atoms with Gasteiger partial charge < -0.3 is 15.4 Å². The van der Waals surface area contributed by atoms with E-state index in [9.17, 15) is 4.79 Å². The highest BCUT2D eigenvalue weighted by Gasteiger charge is 2.04. The van der Waals surface area contributed by atoms with Gasteiger partial charge in [0.25, 0.3) is 0 Å². The highest BCUT2D eigenvalue weighted by atomic mass is 35.5. The van der Waals surface area contributed by atoms with Gasteiger partial charge in [0, 0.05) is 22.5 Å². The number of hydrogen-bond donors (Lipinski definition) is 2. The third-order valence-electron chi connectivity index (χ3n) is 3.05. The van der Waals surface area contributed by atoms with E-state index in [-0.39, 0.29) is 12.5 Å². The lowest BCUT2D eigenvalue weighted by molar-refractivity contribution is -0.114. The van der Waals surface area contributed by atoms with Crippen molar-refractivity contribution in [2.75, 3.05) is 23.8 Å². The first-order chi connectivity index (χ1) is 10.6. The zero-order valence-corrected chi connectivity index (χ0v) is 13.4. The average Bonchev–Trinajstić information content (AvgIpc) is 2.50. The molecule has 0 aliphatic carbocycles. The lowest BCUT2D eigenvalue weighted by Crippen LogP contribution is -2.21. The van der Waals surface area contributed by atoms with Crippen LogP contribution < -0.4 is 15.4 Å². The lowest BCUT2D eigenvalue weighted by atomic mass is 10.2. The normalized spacial score (nSPS) is 10.1. The van der Waals surface area contributed by atoms with Gasteiger partial charge in [-0.3, -0.25) is 4.79 Å². The van der Waals surface area contributed by atoms with Gasteiger partial charge in [0.2, 0.25) is 5.91 Å². The summed E-state index contributed by atoms with van der Waals surface area (Å²) < 4.78 is 5.42. The van der Waals surface area contributed by atoms with Crippen LogP contribution in [-0.4, -0.2) is 19.1 Å². The number of carbonyl (C=O) groups excluding carboxylic acids is 1. The molecule has 0 heterocycles. The highest BCUT2D eigenvalue weighted by molar-refractivity contribution is 6.31. The minimum atomic E-state index is -0.137. The Morgan fingerprint density at radius 2 is 2.00 bits per heavy atom. The molecule has 0 saturated heterocycles. The number of anilines is 2. The molecule has 0 spiro atoms. The van der Waals surface area contributed by atoms with Crippen LogP contribution >= 0.6 is 11.6 Å². The first-order valence-electron chi connectivity index (χ1n) is 7.11. The Bertz CT molecular complexity index is 659. The smallest absolute Gasteiger partial charge is 0.243 e. The maximum absolute atomic E-state index is 11.9. The zero-order valence-electron chi connectivity index (χ0n) is 12.7. The molecule has 0 saturated carbocycles. The standard InChI is InChI=1S/C17H19ClN2O2/c1-3-22-15-6-4-5-13(9-15)19-11-17(21)20-14-8-7-12(2)16(18)10-14/h4-10,19H,3,11H2,1-2H3,(H,20,21). The molecule has 2 aromatic carbocycles. The van der Waals surface area contributed by atoms with Crippen molar-refractivity contribution in [1.82, 2.24) is 0 Å². The van der Waals surface area contributed by atoms with Gasteiger partial charge in [0.05, 0.1) is 13.2 Å². The van der Waals surface area contributed by atoms with Gasteiger partial charge >= 0.3 is 0 Å². The number of aryl methyl sites for hydroxylation is 1. The molecule has 0 bridgehead atoms. The molecule has 0 radical (unpaired) electrons. The molecule has 0 unspecified atom stereocenters. The van der Waals surface area contributed by atoms with Crippen molar-refractivity contribution in [2.24, 2.45) is 0 Å². The van der Waals surface area contributed by atoms with Crippen LogP contribution in [0.5, 0.6) is 5.75 Å². The molecule has 0 aliphatic heterocycles. The van der Waals surface area contributed by atoms with Crippen molar-refractivity contribution < 1.29 is 9.53 Å². The number of nitrogens with one attached hydrogen (secondary N) is 2. The van der Waals surface area contributed by atoms with Crippen LogP contribution in [0.1, 0.15) is 12.5 Å². The number of carbonyl (C=O) groups is 1. The van der Waals surface area contributed by atoms with Gasteiger partial charge in [-0.15, -0.1) is 0 Å². The van der Waals surface area contributed by atoms with Crippen molar-refractivity contribution in [3.05, 3.63) is 53.1 Å². The fourth-order valence-electron chi connectivity index (χ4n) is 1.92. The van der Waals surface area contributed by atoms with Gasteiger partial charge in [0.15, 0.2) is 0 Å². The van der Waals surface area contributed by atoms with Crippen LogP contribution in [0.25, 0.3) is 0 Å². The molecular formula is C17H19ClN2O2. The van der Waals surface area contributed by atoms with Gasteiger partial charge in [-0.25, -0.2) is 0 Å². The van der Waals surface area contributed by atoms with Gasteiger partial charge in [0.1, 0.15) is 5.75 Å². The van der Waals surface area contributed by atoms with Crippen LogP contribution in [-0.2, 0) is 4.79 Å². The van der Waals surface area contributed by atoms with E-state index < -0.39 is 0 Å². The predicted octanol–water partition coefficient (Wildman–Crippen LogP) is 4.10. The number of rotatable bonds is 6. The maximum Gasteiger partial charge on any atom is 0.243 e. The SMILES string of the molecule is CCOc1cccc(NCC(=O)Nc2ccc(C)c(Cl)c2)c1. The topological polar surface area (TPSA) is 50.4 Å². The van der Waals surface area contributed by atoms with Gasteiger partial charge in [-0.1, -0.05) is 23.7 Å². The molecule has 5 heteroatoms. The summed E-state index contributed by atoms with van der Waals surface area (Å²) in [5.74, 6) is 0.639. The fraction of sp³-hybridized carbons (Fsp3) is 0.235. The van der Waals surface area contributed by atoms with E-state index in [4.69, 9.17) is 16.3 Å². The number of ether oxygens (including phenoxy) is 1. The van der Waals surface area contributed by atoms with Crippen LogP contribution in [0.15, 0.2) is 42.5 Å². The summed E-state index contributed by atoms with van der Waals surface area (Å²) in [6.45, 7) is 4.63. The molecule has 116 valence electrons. The van der Waals surface area contributed by atoms with E-state index in [1.54, 1.807) is 6.07 Å². The van der Waals surface area contributed by atoms with Crippen molar-refractivity contribution >= 4 is 28.9 Å². The third kappa shape index (κ3) is 4.67. The summed E-state index contributed by atoms with van der Waals surface area (Å²) in [6, 6.07) is 12.9. The molecule has 0 aromatic heterocycles. The van der Waals surface area contributed by atoms with Crippen molar-refractivity contribution in [1.29, 1.82) is 0 Å². The van der Waals surface area contributed by atoms with Crippen molar-refractivity contribution in [3.63, 3.8) is 0 Å². The van der Waals surface area contributed by atoms with E-state index in [1.807, 2.05) is 50.2 Å². The number of halogens is 1. The van der Waals surface area contributed by atoms with E-state index in [1.165, 1.54) is 0 Å². The summed E-state index contributed by atoms with van der Waals surface area (Å²) >= 11 is 6.04. The highest BCUT2D eigenvalue weighted by Crippen LogP contribution is 2.20. The fourth-order valence-corrected chi connectivity index (χ4v) is 2.10. The summed E-state index contributed by atoms with van der Waals surface area (Å²) in [4.78, 5) is 11.9. The third-order valence-corrected chi connectivity index (χ3v) is 3.46. The van der Waals surface area contributed by atoms with Gasteiger partial charge in [-0.05, 0) is 43.7 Å². The summed E-state index contributed by atoms with van der Waals surface area (Å²) in [5, 5.41) is 6.50. The molecular weight excluding hydrogens is 300 g/mol. The molecule has 0 atom stereocenters. The Morgan fingerprint density at radius 3 is 2.73 bits per heavy atom. The quantitative estimate of drug-likeness (QED) is 0.843. The molecule has 0 fully saturated rings. The summed E-state index contributed by atoms with van der Waals surface area (Å²) in [6.07, 6.45) is 0. The second-order valence-electron chi connectivity index (χ2n) is 4.83. The second kappa shape index (κ2) is 7.71. The first kappa shape index (κ1) is 16.2. The molecule has 2 N–H and O–H groups in total. The summed E-state index contributed by atoms with van der Waals surface area (Å²) in [5.41, 5.74) is 2.50. The van der Waals surface area contributed by atoms with Crippen molar-refractivity contribution in [2.45, 2.75) is 13.8 Å². The average molecular weight is 319 g/mol. The Morgan fingerprint density at radius 1 is 1.18 bits per heavy atom. The number of benzene rings is 2. The largest absolute Gasteiger partial charge is 0.494 e. The second-order valence-corrected chi connectivity index (χ2v) is 5.23. The minimum Gasteiger partial charge on any atom is -0.494 e. The molecule has 1 amide bonds. The molecule has 2 rings (SSSR count). The molecule has 2 aromatic rings. The summed E-state index contributed by atoms with van der Waals surface area (Å²) in [7, 11) is 0. The first-order valence-corrected chi connectivity index (χ1v) is 7.49. The predicted molar refractivity (Wildman–Crippen MR) is 90.9 cm³/mol. The Kier molecular flexibility index (Phi) is 5.67. The molecule has 22 heavy (non-hydrogen) atoms. The van der Waals surface area contributed by atoms with E-state index in [2.05, 4.69) is 10.6 Å².